The number of carbonyl (C=O) groups excluding carboxylic acids is 1. The lowest BCUT2D eigenvalue weighted by Gasteiger charge is -2.31. The first-order chi connectivity index (χ1) is 13.9. The van der Waals surface area contributed by atoms with E-state index in [1.165, 1.54) is 15.5 Å². The summed E-state index contributed by atoms with van der Waals surface area (Å²) in [5, 5.41) is 7.73. The Morgan fingerprint density at radius 1 is 1.38 bits per heavy atom. The van der Waals surface area contributed by atoms with Gasteiger partial charge in [0.2, 0.25) is 11.6 Å². The zero-order valence-corrected chi connectivity index (χ0v) is 17.2. The Labute approximate surface area is 173 Å². The van der Waals surface area contributed by atoms with Crippen molar-refractivity contribution in [3.05, 3.63) is 51.7 Å². The Morgan fingerprint density at radius 3 is 2.97 bits per heavy atom. The Morgan fingerprint density at radius 2 is 2.21 bits per heavy atom. The highest BCUT2D eigenvalue weighted by Gasteiger charge is 2.22. The Hall–Kier alpha value is -2.87. The van der Waals surface area contributed by atoms with Crippen LogP contribution < -0.4 is 15.9 Å². The fourth-order valence-electron chi connectivity index (χ4n) is 3.65. The van der Waals surface area contributed by atoms with E-state index < -0.39 is 0 Å². The van der Waals surface area contributed by atoms with Gasteiger partial charge in [0.05, 0.1) is 0 Å². The van der Waals surface area contributed by atoms with E-state index in [1.54, 1.807) is 24.5 Å². The van der Waals surface area contributed by atoms with Crippen LogP contribution in [0.3, 0.4) is 0 Å². The number of benzene rings is 1. The average molecular weight is 415 g/mol. The van der Waals surface area contributed by atoms with Crippen molar-refractivity contribution in [1.29, 1.82) is 0 Å². The van der Waals surface area contributed by atoms with E-state index in [-0.39, 0.29) is 18.1 Å². The minimum atomic E-state index is -0.370. The highest BCUT2D eigenvalue weighted by atomic mass is 35.5. The molecule has 9 heteroatoms. The zero-order valence-electron chi connectivity index (χ0n) is 16.4. The summed E-state index contributed by atoms with van der Waals surface area (Å²) in [5.74, 6) is 0.892. The van der Waals surface area contributed by atoms with Crippen LogP contribution in [0.25, 0.3) is 5.65 Å². The topological polar surface area (TPSA) is 84.5 Å². The molecule has 0 radical (unpaired) electrons. The predicted molar refractivity (Wildman–Crippen MR) is 113 cm³/mol. The van der Waals surface area contributed by atoms with Gasteiger partial charge in [-0.15, -0.1) is 5.10 Å². The lowest BCUT2D eigenvalue weighted by atomic mass is 10.0. The molecule has 3 aromatic rings. The monoisotopic (exact) mass is 414 g/mol. The molecule has 1 fully saturated rings. The van der Waals surface area contributed by atoms with Gasteiger partial charge in [-0.3, -0.25) is 4.79 Å². The zero-order chi connectivity index (χ0) is 20.5. The molecule has 2 aromatic heterocycles. The van der Waals surface area contributed by atoms with Gasteiger partial charge in [0.25, 0.3) is 0 Å². The number of amides is 1. The molecule has 0 bridgehead atoms. The molecular formula is C20H23ClN6O2. The first-order valence-electron chi connectivity index (χ1n) is 9.67. The van der Waals surface area contributed by atoms with Gasteiger partial charge in [0.15, 0.2) is 5.82 Å². The fraction of sp³-hybridized carbons (Fsp3) is 0.400. The second-order valence-electron chi connectivity index (χ2n) is 7.59. The maximum Gasteiger partial charge on any atom is 0.350 e. The molecule has 1 aliphatic heterocycles. The molecule has 4 rings (SSSR count). The highest BCUT2D eigenvalue weighted by Crippen LogP contribution is 2.23. The van der Waals surface area contributed by atoms with Gasteiger partial charge in [-0.25, -0.2) is 18.9 Å². The third-order valence-electron chi connectivity index (χ3n) is 5.19. The first kappa shape index (κ1) is 19.4. The SMILES string of the molecule is Cc1ccc(NC(=O)Cn2nc3c(N4CCCC(C)C4)nccn3c2=O)cc1Cl. The molecule has 3 heterocycles. The van der Waals surface area contributed by atoms with Gasteiger partial charge in [0, 0.05) is 36.2 Å². The third-order valence-corrected chi connectivity index (χ3v) is 5.60. The highest BCUT2D eigenvalue weighted by molar-refractivity contribution is 6.31. The Balaban J connectivity index is 1.58. The largest absolute Gasteiger partial charge is 0.353 e. The van der Waals surface area contributed by atoms with Crippen molar-refractivity contribution in [2.75, 3.05) is 23.3 Å². The van der Waals surface area contributed by atoms with E-state index >= 15 is 0 Å². The maximum absolute atomic E-state index is 12.7. The number of rotatable bonds is 4. The Kier molecular flexibility index (Phi) is 5.27. The van der Waals surface area contributed by atoms with Crippen LogP contribution in [0.1, 0.15) is 25.3 Å². The predicted octanol–water partition coefficient (Wildman–Crippen LogP) is 2.73. The van der Waals surface area contributed by atoms with Crippen LogP contribution in [0.15, 0.2) is 35.4 Å². The minimum Gasteiger partial charge on any atom is -0.353 e. The van der Waals surface area contributed by atoms with E-state index in [9.17, 15) is 9.59 Å². The number of halogens is 1. The molecule has 1 aromatic carbocycles. The second kappa shape index (κ2) is 7.87. The quantitative estimate of drug-likeness (QED) is 0.709. The summed E-state index contributed by atoms with van der Waals surface area (Å²) in [6.45, 7) is 5.66. The summed E-state index contributed by atoms with van der Waals surface area (Å²) in [5.41, 5.74) is 1.60. The summed E-state index contributed by atoms with van der Waals surface area (Å²) < 4.78 is 2.61. The summed E-state index contributed by atoms with van der Waals surface area (Å²) in [7, 11) is 0. The van der Waals surface area contributed by atoms with Gasteiger partial charge in [-0.2, -0.15) is 0 Å². The van der Waals surface area contributed by atoms with Crippen LogP contribution >= 0.6 is 11.6 Å². The smallest absolute Gasteiger partial charge is 0.350 e. The fourth-order valence-corrected chi connectivity index (χ4v) is 3.83. The molecule has 0 aliphatic carbocycles. The third kappa shape index (κ3) is 3.98. The maximum atomic E-state index is 12.7. The number of aryl methyl sites for hydroxylation is 1. The number of fused-ring (bicyclic) bond motifs is 1. The number of hydrogen-bond donors (Lipinski definition) is 1. The van der Waals surface area contributed by atoms with Crippen molar-refractivity contribution in [2.45, 2.75) is 33.2 Å². The van der Waals surface area contributed by atoms with Gasteiger partial charge < -0.3 is 10.2 Å². The van der Waals surface area contributed by atoms with E-state index in [1.807, 2.05) is 13.0 Å². The normalized spacial score (nSPS) is 16.9. The van der Waals surface area contributed by atoms with Gasteiger partial charge in [-0.05, 0) is 43.4 Å². The second-order valence-corrected chi connectivity index (χ2v) is 8.00. The van der Waals surface area contributed by atoms with Crippen molar-refractivity contribution in [1.82, 2.24) is 19.2 Å². The Bertz CT molecular complexity index is 1120. The molecule has 0 saturated carbocycles. The number of nitrogens with one attached hydrogen (secondary N) is 1. The number of nitrogens with zero attached hydrogens (tertiary/aromatic N) is 5. The van der Waals surface area contributed by atoms with Gasteiger partial charge in [0.1, 0.15) is 6.54 Å². The number of carbonyl (C=O) groups is 1. The van der Waals surface area contributed by atoms with Crippen LogP contribution in [0, 0.1) is 12.8 Å². The molecule has 8 nitrogen and oxygen atoms in total. The van der Waals surface area contributed by atoms with Crippen LogP contribution in [0.5, 0.6) is 0 Å². The molecular weight excluding hydrogens is 392 g/mol. The number of piperidine rings is 1. The summed E-state index contributed by atoms with van der Waals surface area (Å²) in [6, 6.07) is 5.28. The molecule has 29 heavy (non-hydrogen) atoms. The summed E-state index contributed by atoms with van der Waals surface area (Å²) in [4.78, 5) is 31.8. The van der Waals surface area contributed by atoms with Crippen molar-refractivity contribution >= 4 is 34.7 Å². The standard InChI is InChI=1S/C20H23ClN6O2/c1-13-4-3-8-25(11-13)18-19-24-27(20(29)26(19)9-7-22-18)12-17(28)23-15-6-5-14(2)16(21)10-15/h5-7,9-10,13H,3-4,8,11-12H2,1-2H3,(H,23,28). The first-order valence-corrected chi connectivity index (χ1v) is 10.1. The van der Waals surface area contributed by atoms with Crippen LogP contribution in [-0.4, -0.2) is 38.2 Å². The molecule has 1 saturated heterocycles. The van der Waals surface area contributed by atoms with Crippen molar-refractivity contribution in [2.24, 2.45) is 5.92 Å². The number of aromatic nitrogens is 4. The van der Waals surface area contributed by atoms with Crippen LogP contribution in [0.4, 0.5) is 11.5 Å². The number of anilines is 2. The van der Waals surface area contributed by atoms with Crippen LogP contribution in [-0.2, 0) is 11.3 Å². The lowest BCUT2D eigenvalue weighted by molar-refractivity contribution is -0.117. The van der Waals surface area contributed by atoms with Crippen LogP contribution in [0.2, 0.25) is 5.02 Å². The van der Waals surface area contributed by atoms with E-state index in [0.717, 1.165) is 25.1 Å². The molecule has 1 unspecified atom stereocenters. The summed E-state index contributed by atoms with van der Waals surface area (Å²) in [6.07, 6.45) is 5.44. The average Bonchev–Trinajstić information content (AvgIpc) is 3.00. The van der Waals surface area contributed by atoms with E-state index in [2.05, 4.69) is 27.2 Å². The molecule has 1 aliphatic rings. The molecule has 0 spiro atoms. The lowest BCUT2D eigenvalue weighted by Crippen LogP contribution is -2.35. The molecule has 1 atom stereocenters. The number of hydrogen-bond acceptors (Lipinski definition) is 5. The minimum absolute atomic E-state index is 0.193. The van der Waals surface area contributed by atoms with Gasteiger partial charge >= 0.3 is 5.69 Å². The van der Waals surface area contributed by atoms with Gasteiger partial charge in [-0.1, -0.05) is 24.6 Å². The van der Waals surface area contributed by atoms with Crippen molar-refractivity contribution < 1.29 is 4.79 Å². The molecule has 152 valence electrons. The van der Waals surface area contributed by atoms with Crippen molar-refractivity contribution in [3.63, 3.8) is 0 Å². The van der Waals surface area contributed by atoms with E-state index in [4.69, 9.17) is 11.6 Å². The summed E-state index contributed by atoms with van der Waals surface area (Å²) >= 11 is 6.10. The van der Waals surface area contributed by atoms with E-state index in [0.29, 0.717) is 28.1 Å². The molecule has 1 amide bonds. The van der Waals surface area contributed by atoms with Crippen molar-refractivity contribution in [3.8, 4) is 0 Å². The molecule has 1 N–H and O–H groups in total.